The summed E-state index contributed by atoms with van der Waals surface area (Å²) in [6.07, 6.45) is 3.35. The van der Waals surface area contributed by atoms with Crippen molar-refractivity contribution < 1.29 is 4.74 Å². The average Bonchev–Trinajstić information content (AvgIpc) is 2.69. The monoisotopic (exact) mass is 214 g/mol. The lowest BCUT2D eigenvalue weighted by Crippen LogP contribution is -2.38. The van der Waals surface area contributed by atoms with E-state index in [1.165, 1.54) is 4.88 Å². The molecule has 1 aromatic heterocycles. The Hall–Kier alpha value is -0.420. The second-order valence-electron chi connectivity index (χ2n) is 3.29. The summed E-state index contributed by atoms with van der Waals surface area (Å²) in [7, 11) is 1.70. The van der Waals surface area contributed by atoms with Gasteiger partial charge in [0.1, 0.15) is 0 Å². The summed E-state index contributed by atoms with van der Waals surface area (Å²) in [6.45, 7) is 0.681. The van der Waals surface area contributed by atoms with Gasteiger partial charge >= 0.3 is 0 Å². The molecule has 0 amide bonds. The van der Waals surface area contributed by atoms with Crippen LogP contribution in [0.25, 0.3) is 0 Å². The second kappa shape index (κ2) is 6.95. The quantitative estimate of drug-likeness (QED) is 0.535. The molecule has 3 N–H and O–H groups in total. The molecular formula is C10H18N2OS. The zero-order valence-corrected chi connectivity index (χ0v) is 9.35. The molecule has 14 heavy (non-hydrogen) atoms. The topological polar surface area (TPSA) is 47.3 Å². The van der Waals surface area contributed by atoms with Crippen molar-refractivity contribution in [2.24, 2.45) is 5.84 Å². The highest BCUT2D eigenvalue weighted by Crippen LogP contribution is 2.12. The Balaban J connectivity index is 2.13. The van der Waals surface area contributed by atoms with E-state index < -0.39 is 0 Å². The van der Waals surface area contributed by atoms with Gasteiger partial charge in [0.15, 0.2) is 0 Å². The fourth-order valence-electron chi connectivity index (χ4n) is 1.39. The molecule has 1 rings (SSSR count). The minimum Gasteiger partial charge on any atom is -0.383 e. The Morgan fingerprint density at radius 2 is 2.50 bits per heavy atom. The van der Waals surface area contributed by atoms with Crippen LogP contribution in [0.4, 0.5) is 0 Å². The Kier molecular flexibility index (Phi) is 5.78. The van der Waals surface area contributed by atoms with Gasteiger partial charge in [0.2, 0.25) is 0 Å². The molecule has 4 heteroatoms. The van der Waals surface area contributed by atoms with Crippen LogP contribution in [0.15, 0.2) is 17.5 Å². The molecule has 0 spiro atoms. The predicted octanol–water partition coefficient (Wildman–Crippen LogP) is 1.55. The maximum atomic E-state index is 5.39. The van der Waals surface area contributed by atoms with Gasteiger partial charge in [0.25, 0.3) is 0 Å². The molecule has 1 aromatic rings. The maximum absolute atomic E-state index is 5.39. The second-order valence-corrected chi connectivity index (χ2v) is 4.32. The molecule has 1 heterocycles. The number of nitrogens with one attached hydrogen (secondary N) is 1. The SMILES string of the molecule is COCC(CCCc1cccs1)NN. The maximum Gasteiger partial charge on any atom is 0.0629 e. The Morgan fingerprint density at radius 3 is 3.07 bits per heavy atom. The van der Waals surface area contributed by atoms with Gasteiger partial charge in [-0.05, 0) is 30.7 Å². The van der Waals surface area contributed by atoms with Crippen molar-refractivity contribution in [3.05, 3.63) is 22.4 Å². The summed E-state index contributed by atoms with van der Waals surface area (Å²) >= 11 is 1.81. The van der Waals surface area contributed by atoms with Crippen molar-refractivity contribution >= 4 is 11.3 Å². The first-order valence-corrected chi connectivity index (χ1v) is 5.72. The molecule has 0 fully saturated rings. The van der Waals surface area contributed by atoms with E-state index in [1.807, 2.05) is 11.3 Å². The summed E-state index contributed by atoms with van der Waals surface area (Å²) in [6, 6.07) is 4.54. The van der Waals surface area contributed by atoms with Gasteiger partial charge in [-0.15, -0.1) is 11.3 Å². The zero-order valence-electron chi connectivity index (χ0n) is 8.53. The molecule has 0 aliphatic heterocycles. The number of thiophene rings is 1. The number of rotatable bonds is 7. The van der Waals surface area contributed by atoms with E-state index in [1.54, 1.807) is 7.11 Å². The number of nitrogens with two attached hydrogens (primary N) is 1. The number of ether oxygens (including phenoxy) is 1. The van der Waals surface area contributed by atoms with E-state index in [0.29, 0.717) is 6.61 Å². The zero-order chi connectivity index (χ0) is 10.2. The van der Waals surface area contributed by atoms with Crippen LogP contribution in [0.3, 0.4) is 0 Å². The standard InChI is InChI=1S/C10H18N2OS/c1-13-8-9(12-11)4-2-5-10-6-3-7-14-10/h3,6-7,9,12H,2,4-5,8,11H2,1H3. The number of aryl methyl sites for hydroxylation is 1. The molecule has 0 aliphatic carbocycles. The minimum atomic E-state index is 0.278. The van der Waals surface area contributed by atoms with E-state index in [0.717, 1.165) is 19.3 Å². The molecular weight excluding hydrogens is 196 g/mol. The normalized spacial score (nSPS) is 13.0. The number of hydrogen-bond donors (Lipinski definition) is 2. The van der Waals surface area contributed by atoms with Gasteiger partial charge in [-0.25, -0.2) is 0 Å². The molecule has 0 aliphatic rings. The van der Waals surface area contributed by atoms with Crippen molar-refractivity contribution in [1.82, 2.24) is 5.43 Å². The minimum absolute atomic E-state index is 0.278. The molecule has 1 atom stereocenters. The van der Waals surface area contributed by atoms with Gasteiger partial charge in [-0.1, -0.05) is 6.07 Å². The van der Waals surface area contributed by atoms with Crippen LogP contribution in [-0.2, 0) is 11.2 Å². The predicted molar refractivity (Wildman–Crippen MR) is 60.2 cm³/mol. The van der Waals surface area contributed by atoms with Crippen LogP contribution in [0.5, 0.6) is 0 Å². The molecule has 0 saturated carbocycles. The van der Waals surface area contributed by atoms with Crippen molar-refractivity contribution in [1.29, 1.82) is 0 Å². The first kappa shape index (κ1) is 11.7. The lowest BCUT2D eigenvalue weighted by Gasteiger charge is -2.13. The molecule has 0 radical (unpaired) electrons. The Bertz CT molecular complexity index is 226. The third-order valence-electron chi connectivity index (χ3n) is 2.16. The van der Waals surface area contributed by atoms with Crippen LogP contribution in [0.2, 0.25) is 0 Å². The van der Waals surface area contributed by atoms with Crippen LogP contribution < -0.4 is 11.3 Å². The highest BCUT2D eigenvalue weighted by molar-refractivity contribution is 7.09. The Labute approximate surface area is 89.2 Å². The number of hydrazine groups is 1. The summed E-state index contributed by atoms with van der Waals surface area (Å²) in [4.78, 5) is 1.44. The fourth-order valence-corrected chi connectivity index (χ4v) is 2.14. The van der Waals surface area contributed by atoms with E-state index in [4.69, 9.17) is 10.6 Å². The van der Waals surface area contributed by atoms with E-state index in [2.05, 4.69) is 22.9 Å². The van der Waals surface area contributed by atoms with Crippen LogP contribution in [-0.4, -0.2) is 19.8 Å². The van der Waals surface area contributed by atoms with Crippen molar-refractivity contribution in [3.8, 4) is 0 Å². The average molecular weight is 214 g/mol. The fraction of sp³-hybridized carbons (Fsp3) is 0.600. The van der Waals surface area contributed by atoms with Crippen molar-refractivity contribution in [3.63, 3.8) is 0 Å². The van der Waals surface area contributed by atoms with Crippen LogP contribution in [0.1, 0.15) is 17.7 Å². The summed E-state index contributed by atoms with van der Waals surface area (Å²) in [5.41, 5.74) is 2.76. The van der Waals surface area contributed by atoms with Gasteiger partial charge in [0, 0.05) is 18.0 Å². The summed E-state index contributed by atoms with van der Waals surface area (Å²) in [5.74, 6) is 5.39. The lowest BCUT2D eigenvalue weighted by atomic mass is 10.1. The highest BCUT2D eigenvalue weighted by atomic mass is 32.1. The molecule has 0 bridgehead atoms. The number of hydrogen-bond acceptors (Lipinski definition) is 4. The van der Waals surface area contributed by atoms with E-state index in [9.17, 15) is 0 Å². The highest BCUT2D eigenvalue weighted by Gasteiger charge is 2.05. The third-order valence-corrected chi connectivity index (χ3v) is 3.10. The molecule has 0 aromatic carbocycles. The van der Waals surface area contributed by atoms with Gasteiger partial charge in [0.05, 0.1) is 6.61 Å². The summed E-state index contributed by atoms with van der Waals surface area (Å²) in [5, 5.41) is 2.11. The largest absolute Gasteiger partial charge is 0.383 e. The smallest absolute Gasteiger partial charge is 0.0629 e. The number of methoxy groups -OCH3 is 1. The Morgan fingerprint density at radius 1 is 1.64 bits per heavy atom. The third kappa shape index (κ3) is 4.19. The van der Waals surface area contributed by atoms with Gasteiger partial charge in [-0.3, -0.25) is 11.3 Å². The van der Waals surface area contributed by atoms with E-state index in [-0.39, 0.29) is 6.04 Å². The van der Waals surface area contributed by atoms with E-state index >= 15 is 0 Å². The van der Waals surface area contributed by atoms with Crippen molar-refractivity contribution in [2.45, 2.75) is 25.3 Å². The first-order valence-electron chi connectivity index (χ1n) is 4.84. The van der Waals surface area contributed by atoms with Crippen LogP contribution in [0, 0.1) is 0 Å². The van der Waals surface area contributed by atoms with Gasteiger partial charge in [-0.2, -0.15) is 0 Å². The molecule has 3 nitrogen and oxygen atoms in total. The lowest BCUT2D eigenvalue weighted by molar-refractivity contribution is 0.162. The first-order chi connectivity index (χ1) is 6.86. The molecule has 0 saturated heterocycles. The van der Waals surface area contributed by atoms with Crippen molar-refractivity contribution in [2.75, 3.05) is 13.7 Å². The van der Waals surface area contributed by atoms with Crippen LogP contribution >= 0.6 is 11.3 Å². The summed E-state index contributed by atoms with van der Waals surface area (Å²) < 4.78 is 5.04. The molecule has 1 unspecified atom stereocenters. The van der Waals surface area contributed by atoms with Gasteiger partial charge < -0.3 is 4.74 Å². The molecule has 80 valence electrons.